The molecule has 2 fully saturated rings. The molecule has 7 heteroatoms. The highest BCUT2D eigenvalue weighted by Gasteiger charge is 2.24. The van der Waals surface area contributed by atoms with Gasteiger partial charge in [-0.05, 0) is 69.4 Å². The third-order valence-corrected chi connectivity index (χ3v) is 5.97. The number of nitrogens with zero attached hydrogens (tertiary/aromatic N) is 3. The highest BCUT2D eigenvalue weighted by atomic mass is 127. The summed E-state index contributed by atoms with van der Waals surface area (Å²) < 4.78 is 0. The molecule has 0 saturated carbocycles. The van der Waals surface area contributed by atoms with Crippen molar-refractivity contribution >= 4 is 47.2 Å². The maximum absolute atomic E-state index is 6.13. The van der Waals surface area contributed by atoms with Crippen LogP contribution in [0.2, 0.25) is 5.02 Å². The van der Waals surface area contributed by atoms with Crippen LogP contribution >= 0.6 is 35.6 Å². The molecule has 2 aliphatic rings. The summed E-state index contributed by atoms with van der Waals surface area (Å²) in [5.41, 5.74) is 1.20. The Morgan fingerprint density at radius 3 is 2.68 bits per heavy atom. The van der Waals surface area contributed by atoms with Crippen LogP contribution in [0.25, 0.3) is 0 Å². The number of benzene rings is 1. The second-order valence-corrected chi connectivity index (χ2v) is 8.23. The molecule has 5 nitrogen and oxygen atoms in total. The summed E-state index contributed by atoms with van der Waals surface area (Å²) in [6.45, 7) is 9.03. The predicted octanol–water partition coefficient (Wildman–Crippen LogP) is 3.82. The largest absolute Gasteiger partial charge is 0.369 e. The second-order valence-electron chi connectivity index (χ2n) is 7.79. The zero-order chi connectivity index (χ0) is 19.1. The molecule has 0 radical (unpaired) electrons. The van der Waals surface area contributed by atoms with E-state index in [0.717, 1.165) is 43.0 Å². The van der Waals surface area contributed by atoms with Gasteiger partial charge >= 0.3 is 0 Å². The first kappa shape index (κ1) is 23.5. The van der Waals surface area contributed by atoms with Gasteiger partial charge in [-0.3, -0.25) is 4.99 Å². The maximum Gasteiger partial charge on any atom is 0.191 e. The van der Waals surface area contributed by atoms with Crippen LogP contribution in [-0.2, 0) is 0 Å². The highest BCUT2D eigenvalue weighted by molar-refractivity contribution is 14.0. The Balaban J connectivity index is 0.00000280. The molecular formula is C21H35ClIN5. The average Bonchev–Trinajstić information content (AvgIpc) is 3.15. The van der Waals surface area contributed by atoms with Crippen molar-refractivity contribution in [2.24, 2.45) is 10.9 Å². The fourth-order valence-electron chi connectivity index (χ4n) is 4.14. The molecular weight excluding hydrogens is 485 g/mol. The van der Waals surface area contributed by atoms with Crippen molar-refractivity contribution in [3.63, 3.8) is 0 Å². The van der Waals surface area contributed by atoms with Gasteiger partial charge in [0.15, 0.2) is 5.96 Å². The molecule has 0 spiro atoms. The van der Waals surface area contributed by atoms with E-state index >= 15 is 0 Å². The van der Waals surface area contributed by atoms with E-state index in [1.807, 2.05) is 25.2 Å². The monoisotopic (exact) mass is 519 g/mol. The Morgan fingerprint density at radius 2 is 2.00 bits per heavy atom. The normalized spacial score (nSPS) is 21.5. The molecule has 0 aliphatic carbocycles. The van der Waals surface area contributed by atoms with E-state index in [9.17, 15) is 0 Å². The molecule has 0 aromatic heterocycles. The second kappa shape index (κ2) is 12.1. The quantitative estimate of drug-likeness (QED) is 0.341. The number of nitrogens with one attached hydrogen (secondary N) is 2. The van der Waals surface area contributed by atoms with Crippen molar-refractivity contribution in [2.45, 2.75) is 38.6 Å². The minimum atomic E-state index is 0. The maximum atomic E-state index is 6.13. The van der Waals surface area contributed by atoms with Gasteiger partial charge in [0.2, 0.25) is 0 Å². The molecule has 2 saturated heterocycles. The van der Waals surface area contributed by atoms with Crippen LogP contribution < -0.4 is 15.5 Å². The molecule has 3 rings (SSSR count). The van der Waals surface area contributed by atoms with Crippen molar-refractivity contribution in [3.05, 3.63) is 29.3 Å². The predicted molar refractivity (Wildman–Crippen MR) is 131 cm³/mol. The Labute approximate surface area is 192 Å². The van der Waals surface area contributed by atoms with Crippen LogP contribution in [0.4, 0.5) is 5.69 Å². The molecule has 1 aromatic rings. The van der Waals surface area contributed by atoms with Crippen LogP contribution in [-0.4, -0.2) is 63.2 Å². The Morgan fingerprint density at radius 1 is 1.21 bits per heavy atom. The summed E-state index contributed by atoms with van der Waals surface area (Å²) in [5, 5.41) is 7.96. The number of rotatable bonds is 6. The Bertz CT molecular complexity index is 619. The van der Waals surface area contributed by atoms with Crippen molar-refractivity contribution in [3.8, 4) is 0 Å². The van der Waals surface area contributed by atoms with E-state index in [0.29, 0.717) is 6.04 Å². The van der Waals surface area contributed by atoms with E-state index in [4.69, 9.17) is 11.6 Å². The number of guanidine groups is 1. The summed E-state index contributed by atoms with van der Waals surface area (Å²) in [7, 11) is 1.86. The minimum Gasteiger partial charge on any atom is -0.369 e. The molecule has 0 bridgehead atoms. The summed E-state index contributed by atoms with van der Waals surface area (Å²) in [6.07, 6.45) is 4.95. The molecule has 0 amide bonds. The fourth-order valence-corrected chi connectivity index (χ4v) is 4.33. The molecule has 2 N–H and O–H groups in total. The van der Waals surface area contributed by atoms with Crippen LogP contribution in [0.1, 0.15) is 32.6 Å². The van der Waals surface area contributed by atoms with Crippen LogP contribution in [0, 0.1) is 5.92 Å². The molecule has 1 unspecified atom stereocenters. The van der Waals surface area contributed by atoms with Crippen LogP contribution in [0.15, 0.2) is 29.3 Å². The average molecular weight is 520 g/mol. The highest BCUT2D eigenvalue weighted by Crippen LogP contribution is 2.23. The third kappa shape index (κ3) is 6.95. The zero-order valence-electron chi connectivity index (χ0n) is 17.2. The van der Waals surface area contributed by atoms with E-state index in [1.54, 1.807) is 0 Å². The molecule has 158 valence electrons. The lowest BCUT2D eigenvalue weighted by Crippen LogP contribution is -2.47. The van der Waals surface area contributed by atoms with Gasteiger partial charge in [-0.15, -0.1) is 24.0 Å². The number of anilines is 1. The van der Waals surface area contributed by atoms with E-state index in [-0.39, 0.29) is 24.0 Å². The molecule has 2 heterocycles. The lowest BCUT2D eigenvalue weighted by Gasteiger charge is -2.32. The van der Waals surface area contributed by atoms with Crippen molar-refractivity contribution in [1.82, 2.24) is 15.5 Å². The fraction of sp³-hybridized carbons (Fsp3) is 0.667. The number of hydrogen-bond donors (Lipinski definition) is 2. The number of halogens is 2. The Kier molecular flexibility index (Phi) is 10.2. The summed E-state index contributed by atoms with van der Waals surface area (Å²) in [4.78, 5) is 9.42. The van der Waals surface area contributed by atoms with Gasteiger partial charge in [0.1, 0.15) is 0 Å². The van der Waals surface area contributed by atoms with E-state index in [2.05, 4.69) is 38.4 Å². The first-order valence-electron chi connectivity index (χ1n) is 10.4. The first-order valence-corrected chi connectivity index (χ1v) is 10.8. The van der Waals surface area contributed by atoms with Crippen molar-refractivity contribution < 1.29 is 0 Å². The number of piperidine rings is 1. The van der Waals surface area contributed by atoms with Gasteiger partial charge in [0.05, 0.1) is 0 Å². The van der Waals surface area contributed by atoms with Crippen molar-refractivity contribution in [1.29, 1.82) is 0 Å². The number of likely N-dealkylation sites (tertiary alicyclic amines) is 1. The molecule has 1 aromatic carbocycles. The van der Waals surface area contributed by atoms with Gasteiger partial charge in [0.25, 0.3) is 0 Å². The minimum absolute atomic E-state index is 0. The molecule has 2 aliphatic heterocycles. The lowest BCUT2D eigenvalue weighted by molar-refractivity contribution is 0.185. The third-order valence-electron chi connectivity index (χ3n) is 5.73. The zero-order valence-corrected chi connectivity index (χ0v) is 20.2. The van der Waals surface area contributed by atoms with Crippen molar-refractivity contribution in [2.75, 3.05) is 51.2 Å². The van der Waals surface area contributed by atoms with E-state index in [1.165, 1.54) is 44.6 Å². The lowest BCUT2D eigenvalue weighted by atomic mass is 9.97. The van der Waals surface area contributed by atoms with Gasteiger partial charge in [0, 0.05) is 43.4 Å². The Hall–Kier alpha value is -0.730. The summed E-state index contributed by atoms with van der Waals surface area (Å²) >= 11 is 6.13. The van der Waals surface area contributed by atoms with Crippen LogP contribution in [0.3, 0.4) is 0 Å². The number of aliphatic imine (C=N–C) groups is 1. The van der Waals surface area contributed by atoms with Gasteiger partial charge in [-0.2, -0.15) is 0 Å². The van der Waals surface area contributed by atoms with Crippen LogP contribution in [0.5, 0.6) is 0 Å². The topological polar surface area (TPSA) is 42.9 Å². The van der Waals surface area contributed by atoms with Gasteiger partial charge < -0.3 is 20.4 Å². The SMILES string of the molecule is CCCN1CCC(CNC(=NC)NC2CCN(c3cccc(Cl)c3)C2)CC1.I. The van der Waals surface area contributed by atoms with E-state index < -0.39 is 0 Å². The van der Waals surface area contributed by atoms with Gasteiger partial charge in [-0.25, -0.2) is 0 Å². The number of hydrogen-bond acceptors (Lipinski definition) is 3. The summed E-state index contributed by atoms with van der Waals surface area (Å²) in [5.74, 6) is 1.69. The molecule has 1 atom stereocenters. The standard InChI is InChI=1S/C21H34ClN5.HI/c1-3-10-26-11-7-17(8-12-26)15-24-21(23-2)25-19-9-13-27(16-19)20-6-4-5-18(22)14-20;/h4-6,14,17,19H,3,7-13,15-16H2,1-2H3,(H2,23,24,25);1H. The first-order chi connectivity index (χ1) is 13.2. The summed E-state index contributed by atoms with van der Waals surface area (Å²) in [6, 6.07) is 8.54. The van der Waals surface area contributed by atoms with Gasteiger partial charge in [-0.1, -0.05) is 24.6 Å². The molecule has 28 heavy (non-hydrogen) atoms. The smallest absolute Gasteiger partial charge is 0.191 e.